The molecule has 1 fully saturated rings. The Kier molecular flexibility index (Phi) is 5.28. The summed E-state index contributed by atoms with van der Waals surface area (Å²) in [4.78, 5) is 29.1. The van der Waals surface area contributed by atoms with Gasteiger partial charge in [-0.25, -0.2) is 14.2 Å². The van der Waals surface area contributed by atoms with E-state index in [-0.39, 0.29) is 22.7 Å². The number of carbonyl (C=O) groups is 2. The molecule has 26 heavy (non-hydrogen) atoms. The number of amides is 1. The van der Waals surface area contributed by atoms with Crippen molar-refractivity contribution in [3.05, 3.63) is 51.2 Å². The summed E-state index contributed by atoms with van der Waals surface area (Å²) in [5.74, 6) is -1.76. The molecule has 1 aromatic heterocycles. The minimum absolute atomic E-state index is 0.0199. The van der Waals surface area contributed by atoms with E-state index in [1.165, 1.54) is 28.8 Å². The number of piperidine rings is 1. The van der Waals surface area contributed by atoms with E-state index < -0.39 is 11.8 Å². The SMILES string of the molecule is N#Cc1ccc(C(=O)N2CCC(Cc3nc(C(=O)O)cs3)CC2)c(F)c1. The lowest BCUT2D eigenvalue weighted by atomic mass is 9.93. The number of likely N-dealkylation sites (tertiary alicyclic amines) is 1. The highest BCUT2D eigenvalue weighted by Crippen LogP contribution is 2.25. The van der Waals surface area contributed by atoms with Crippen LogP contribution in [0.4, 0.5) is 4.39 Å². The van der Waals surface area contributed by atoms with Crippen LogP contribution in [0.2, 0.25) is 0 Å². The molecular weight excluding hydrogens is 357 g/mol. The average molecular weight is 373 g/mol. The first-order valence-corrected chi connectivity index (χ1v) is 9.02. The molecule has 0 radical (unpaired) electrons. The van der Waals surface area contributed by atoms with Crippen molar-refractivity contribution in [3.8, 4) is 6.07 Å². The van der Waals surface area contributed by atoms with E-state index in [2.05, 4.69) is 4.98 Å². The molecule has 1 saturated heterocycles. The number of hydrogen-bond acceptors (Lipinski definition) is 5. The van der Waals surface area contributed by atoms with Gasteiger partial charge in [0.1, 0.15) is 5.82 Å². The van der Waals surface area contributed by atoms with Gasteiger partial charge in [0.25, 0.3) is 5.91 Å². The predicted molar refractivity (Wildman–Crippen MR) is 92.5 cm³/mol. The molecular formula is C18H16FN3O3S. The van der Waals surface area contributed by atoms with E-state index in [9.17, 15) is 14.0 Å². The second kappa shape index (κ2) is 7.62. The number of carboxylic acid groups (broad SMARTS) is 1. The van der Waals surface area contributed by atoms with Crippen molar-refractivity contribution in [2.45, 2.75) is 19.3 Å². The zero-order valence-electron chi connectivity index (χ0n) is 13.8. The van der Waals surface area contributed by atoms with Crippen LogP contribution in [0.3, 0.4) is 0 Å². The fraction of sp³-hybridized carbons (Fsp3) is 0.333. The highest BCUT2D eigenvalue weighted by Gasteiger charge is 2.26. The van der Waals surface area contributed by atoms with E-state index in [0.717, 1.165) is 23.9 Å². The lowest BCUT2D eigenvalue weighted by Gasteiger charge is -2.31. The third kappa shape index (κ3) is 3.89. The summed E-state index contributed by atoms with van der Waals surface area (Å²) in [6, 6.07) is 5.70. The quantitative estimate of drug-likeness (QED) is 0.889. The van der Waals surface area contributed by atoms with E-state index in [4.69, 9.17) is 10.4 Å². The number of rotatable bonds is 4. The highest BCUT2D eigenvalue weighted by molar-refractivity contribution is 7.09. The number of aromatic carboxylic acids is 1. The normalized spacial score (nSPS) is 14.8. The minimum atomic E-state index is -1.03. The van der Waals surface area contributed by atoms with Crippen LogP contribution in [0, 0.1) is 23.1 Å². The summed E-state index contributed by atoms with van der Waals surface area (Å²) in [5.41, 5.74) is 0.226. The number of aromatic nitrogens is 1. The molecule has 1 amide bonds. The zero-order valence-corrected chi connectivity index (χ0v) is 14.6. The van der Waals surface area contributed by atoms with E-state index in [1.54, 1.807) is 4.90 Å². The lowest BCUT2D eigenvalue weighted by Crippen LogP contribution is -2.39. The Bertz CT molecular complexity index is 882. The second-order valence-electron chi connectivity index (χ2n) is 6.18. The molecule has 1 N–H and O–H groups in total. The number of halogens is 1. The minimum Gasteiger partial charge on any atom is -0.476 e. The molecule has 6 nitrogen and oxygen atoms in total. The third-order valence-corrected chi connectivity index (χ3v) is 5.34. The number of benzene rings is 1. The molecule has 1 aromatic carbocycles. The van der Waals surface area contributed by atoms with Gasteiger partial charge in [-0.2, -0.15) is 5.26 Å². The van der Waals surface area contributed by atoms with Crippen LogP contribution in [0.1, 0.15) is 44.3 Å². The summed E-state index contributed by atoms with van der Waals surface area (Å²) in [7, 11) is 0. The first-order valence-electron chi connectivity index (χ1n) is 8.14. The van der Waals surface area contributed by atoms with Gasteiger partial charge >= 0.3 is 5.97 Å². The molecule has 0 bridgehead atoms. The Hall–Kier alpha value is -2.79. The molecule has 1 aliphatic rings. The van der Waals surface area contributed by atoms with Crippen LogP contribution in [0.5, 0.6) is 0 Å². The molecule has 0 spiro atoms. The smallest absolute Gasteiger partial charge is 0.355 e. The van der Waals surface area contributed by atoms with E-state index in [0.29, 0.717) is 25.4 Å². The molecule has 0 atom stereocenters. The van der Waals surface area contributed by atoms with Crippen molar-refractivity contribution < 1.29 is 19.1 Å². The van der Waals surface area contributed by atoms with Crippen molar-refractivity contribution in [1.82, 2.24) is 9.88 Å². The van der Waals surface area contributed by atoms with Crippen molar-refractivity contribution in [3.63, 3.8) is 0 Å². The van der Waals surface area contributed by atoms with Gasteiger partial charge in [-0.15, -0.1) is 11.3 Å². The van der Waals surface area contributed by atoms with Crippen LogP contribution in [0.25, 0.3) is 0 Å². The van der Waals surface area contributed by atoms with Gasteiger partial charge in [0.15, 0.2) is 5.69 Å². The van der Waals surface area contributed by atoms with E-state index >= 15 is 0 Å². The van der Waals surface area contributed by atoms with Gasteiger partial charge in [-0.05, 0) is 37.0 Å². The monoisotopic (exact) mass is 373 g/mol. The molecule has 3 rings (SSSR count). The first-order chi connectivity index (χ1) is 12.5. The maximum Gasteiger partial charge on any atom is 0.355 e. The van der Waals surface area contributed by atoms with Gasteiger partial charge in [-0.3, -0.25) is 4.79 Å². The van der Waals surface area contributed by atoms with Crippen LogP contribution < -0.4 is 0 Å². The van der Waals surface area contributed by atoms with Crippen LogP contribution in [-0.4, -0.2) is 40.0 Å². The summed E-state index contributed by atoms with van der Waals surface area (Å²) < 4.78 is 14.0. The maximum atomic E-state index is 14.0. The molecule has 2 heterocycles. The Balaban J connectivity index is 1.58. The summed E-state index contributed by atoms with van der Waals surface area (Å²) in [5, 5.41) is 20.0. The third-order valence-electron chi connectivity index (χ3n) is 4.46. The fourth-order valence-corrected chi connectivity index (χ4v) is 3.90. The summed E-state index contributed by atoms with van der Waals surface area (Å²) in [6.45, 7) is 1.03. The number of carboxylic acids is 1. The fourth-order valence-electron chi connectivity index (χ4n) is 3.02. The Morgan fingerprint density at radius 1 is 1.38 bits per heavy atom. The number of nitriles is 1. The van der Waals surface area contributed by atoms with Crippen molar-refractivity contribution in [2.24, 2.45) is 5.92 Å². The zero-order chi connectivity index (χ0) is 18.7. The standard InChI is InChI=1S/C18H16FN3O3S/c19-14-7-12(9-20)1-2-13(14)17(23)22-5-3-11(4-6-22)8-16-21-15(10-26-16)18(24)25/h1-2,7,10-11H,3-6,8H2,(H,24,25). The van der Waals surface area contributed by atoms with Crippen LogP contribution >= 0.6 is 11.3 Å². The highest BCUT2D eigenvalue weighted by atomic mass is 32.1. The van der Waals surface area contributed by atoms with Crippen LogP contribution in [-0.2, 0) is 6.42 Å². The van der Waals surface area contributed by atoms with Crippen molar-refractivity contribution >= 4 is 23.2 Å². The van der Waals surface area contributed by atoms with Gasteiger partial charge in [0, 0.05) is 24.9 Å². The number of nitrogens with zero attached hydrogens (tertiary/aromatic N) is 3. The molecule has 2 aromatic rings. The Labute approximate surface area is 153 Å². The second-order valence-corrected chi connectivity index (χ2v) is 7.12. The largest absolute Gasteiger partial charge is 0.476 e. The number of carbonyl (C=O) groups excluding carboxylic acids is 1. The molecule has 8 heteroatoms. The molecule has 0 saturated carbocycles. The van der Waals surface area contributed by atoms with Gasteiger partial charge < -0.3 is 10.0 Å². The summed E-state index contributed by atoms with van der Waals surface area (Å²) >= 11 is 1.33. The molecule has 0 aliphatic carbocycles. The first kappa shape index (κ1) is 18.0. The average Bonchev–Trinajstić information content (AvgIpc) is 3.10. The maximum absolute atomic E-state index is 14.0. The predicted octanol–water partition coefficient (Wildman–Crippen LogP) is 2.95. The van der Waals surface area contributed by atoms with Crippen LogP contribution in [0.15, 0.2) is 23.6 Å². The molecule has 134 valence electrons. The molecule has 1 aliphatic heterocycles. The Morgan fingerprint density at radius 3 is 2.69 bits per heavy atom. The number of hydrogen-bond donors (Lipinski definition) is 1. The van der Waals surface area contributed by atoms with Gasteiger partial charge in [0.05, 0.1) is 22.2 Å². The summed E-state index contributed by atoms with van der Waals surface area (Å²) in [6.07, 6.45) is 2.20. The molecule has 0 unspecified atom stereocenters. The number of thiazole rings is 1. The van der Waals surface area contributed by atoms with Crippen molar-refractivity contribution in [2.75, 3.05) is 13.1 Å². The topological polar surface area (TPSA) is 94.3 Å². The lowest BCUT2D eigenvalue weighted by molar-refractivity contribution is 0.0676. The Morgan fingerprint density at radius 2 is 2.12 bits per heavy atom. The van der Waals surface area contributed by atoms with Crippen molar-refractivity contribution in [1.29, 1.82) is 5.26 Å². The van der Waals surface area contributed by atoms with Gasteiger partial charge in [-0.1, -0.05) is 0 Å². The van der Waals surface area contributed by atoms with E-state index in [1.807, 2.05) is 6.07 Å². The van der Waals surface area contributed by atoms with Gasteiger partial charge in [0.2, 0.25) is 0 Å².